The lowest BCUT2D eigenvalue weighted by Crippen LogP contribution is -2.30. The third-order valence-electron chi connectivity index (χ3n) is 7.18. The summed E-state index contributed by atoms with van der Waals surface area (Å²) in [4.78, 5) is 0. The molecule has 2 aliphatic carbocycles. The van der Waals surface area contributed by atoms with Crippen LogP contribution in [-0.4, -0.2) is 6.61 Å². The first-order chi connectivity index (χ1) is 15.1. The second-order valence-electron chi connectivity index (χ2n) is 9.11. The first kappa shape index (κ1) is 21.8. The number of halogens is 2. The summed E-state index contributed by atoms with van der Waals surface area (Å²) < 4.78 is 34.6. The Morgan fingerprint density at radius 1 is 0.968 bits per heavy atom. The molecule has 0 aliphatic heterocycles. The third kappa shape index (κ3) is 4.92. The SMILES string of the molecule is C=CCOc1ccc(-c2ccc(C3CCC4CC(/C=C/C)CCC4C3)cc2F)cc1F. The van der Waals surface area contributed by atoms with Crippen LogP contribution in [0.15, 0.2) is 61.2 Å². The molecule has 4 rings (SSSR count). The Bertz CT molecular complexity index is 948. The molecule has 0 aromatic heterocycles. The molecule has 0 radical (unpaired) electrons. The summed E-state index contributed by atoms with van der Waals surface area (Å²) in [5.41, 5.74) is 2.04. The van der Waals surface area contributed by atoms with Crippen molar-refractivity contribution in [1.82, 2.24) is 0 Å². The molecule has 2 fully saturated rings. The predicted octanol–water partition coefficient (Wildman–Crippen LogP) is 8.07. The molecule has 2 aliphatic rings. The van der Waals surface area contributed by atoms with E-state index in [-0.39, 0.29) is 18.2 Å². The maximum atomic E-state index is 15.0. The van der Waals surface area contributed by atoms with Crippen molar-refractivity contribution in [3.63, 3.8) is 0 Å². The molecule has 0 heterocycles. The molecule has 3 heteroatoms. The van der Waals surface area contributed by atoms with Crippen LogP contribution in [0.5, 0.6) is 5.75 Å². The van der Waals surface area contributed by atoms with Crippen molar-refractivity contribution in [2.24, 2.45) is 17.8 Å². The van der Waals surface area contributed by atoms with E-state index >= 15 is 4.39 Å². The van der Waals surface area contributed by atoms with E-state index < -0.39 is 5.82 Å². The zero-order chi connectivity index (χ0) is 21.8. The van der Waals surface area contributed by atoms with Gasteiger partial charge in [0.2, 0.25) is 0 Å². The molecular weight excluding hydrogens is 390 g/mol. The van der Waals surface area contributed by atoms with Gasteiger partial charge in [-0.2, -0.15) is 0 Å². The van der Waals surface area contributed by atoms with Crippen molar-refractivity contribution in [2.75, 3.05) is 6.61 Å². The molecule has 0 spiro atoms. The van der Waals surface area contributed by atoms with Gasteiger partial charge in [-0.3, -0.25) is 0 Å². The zero-order valence-electron chi connectivity index (χ0n) is 18.3. The summed E-state index contributed by atoms with van der Waals surface area (Å²) >= 11 is 0. The van der Waals surface area contributed by atoms with Gasteiger partial charge in [-0.05, 0) is 98.4 Å². The average molecular weight is 423 g/mol. The Morgan fingerprint density at radius 3 is 2.52 bits per heavy atom. The minimum atomic E-state index is -0.491. The fourth-order valence-electron chi connectivity index (χ4n) is 5.63. The molecule has 0 saturated heterocycles. The monoisotopic (exact) mass is 422 g/mol. The second kappa shape index (κ2) is 9.80. The molecule has 2 saturated carbocycles. The van der Waals surface area contributed by atoms with Crippen molar-refractivity contribution in [1.29, 1.82) is 0 Å². The number of hydrogen-bond donors (Lipinski definition) is 0. The van der Waals surface area contributed by atoms with Crippen LogP contribution in [0, 0.1) is 29.4 Å². The summed E-state index contributed by atoms with van der Waals surface area (Å²) in [7, 11) is 0. The number of benzene rings is 2. The van der Waals surface area contributed by atoms with Crippen LogP contribution in [-0.2, 0) is 0 Å². The van der Waals surface area contributed by atoms with Crippen LogP contribution >= 0.6 is 0 Å². The van der Waals surface area contributed by atoms with E-state index in [1.807, 2.05) is 6.07 Å². The van der Waals surface area contributed by atoms with E-state index in [1.165, 1.54) is 31.7 Å². The number of ether oxygens (including phenoxy) is 1. The van der Waals surface area contributed by atoms with E-state index in [0.717, 1.165) is 36.2 Å². The molecule has 2 aromatic carbocycles. The van der Waals surface area contributed by atoms with Gasteiger partial charge in [-0.15, -0.1) is 0 Å². The highest BCUT2D eigenvalue weighted by Gasteiger charge is 2.35. The van der Waals surface area contributed by atoms with E-state index in [9.17, 15) is 4.39 Å². The quantitative estimate of drug-likeness (QED) is 0.428. The first-order valence-electron chi connectivity index (χ1n) is 11.5. The fourth-order valence-corrected chi connectivity index (χ4v) is 5.63. The molecule has 0 N–H and O–H groups in total. The van der Waals surface area contributed by atoms with Gasteiger partial charge in [-0.1, -0.05) is 43.0 Å². The number of rotatable bonds is 6. The summed E-state index contributed by atoms with van der Waals surface area (Å²) in [6, 6.07) is 10.1. The smallest absolute Gasteiger partial charge is 0.165 e. The van der Waals surface area contributed by atoms with Gasteiger partial charge in [0.25, 0.3) is 0 Å². The van der Waals surface area contributed by atoms with E-state index in [4.69, 9.17) is 4.74 Å². The largest absolute Gasteiger partial charge is 0.486 e. The van der Waals surface area contributed by atoms with E-state index in [0.29, 0.717) is 17.0 Å². The Balaban J connectivity index is 1.46. The highest BCUT2D eigenvalue weighted by molar-refractivity contribution is 5.65. The summed E-state index contributed by atoms with van der Waals surface area (Å²) in [5.74, 6) is 2.13. The molecule has 0 bridgehead atoms. The van der Waals surface area contributed by atoms with Crippen molar-refractivity contribution in [3.8, 4) is 16.9 Å². The first-order valence-corrected chi connectivity index (χ1v) is 11.5. The van der Waals surface area contributed by atoms with Crippen molar-refractivity contribution >= 4 is 0 Å². The molecule has 4 atom stereocenters. The Labute approximate surface area is 184 Å². The van der Waals surface area contributed by atoms with Gasteiger partial charge in [0, 0.05) is 5.56 Å². The number of allylic oxidation sites excluding steroid dienone is 2. The van der Waals surface area contributed by atoms with Gasteiger partial charge in [0.15, 0.2) is 11.6 Å². The van der Waals surface area contributed by atoms with Crippen LogP contribution < -0.4 is 4.74 Å². The van der Waals surface area contributed by atoms with Crippen LogP contribution in [0.3, 0.4) is 0 Å². The third-order valence-corrected chi connectivity index (χ3v) is 7.18. The van der Waals surface area contributed by atoms with Crippen LogP contribution in [0.25, 0.3) is 11.1 Å². The molecule has 31 heavy (non-hydrogen) atoms. The van der Waals surface area contributed by atoms with Crippen molar-refractivity contribution in [2.45, 2.75) is 51.4 Å². The van der Waals surface area contributed by atoms with Gasteiger partial charge < -0.3 is 4.74 Å². The van der Waals surface area contributed by atoms with Crippen LogP contribution in [0.2, 0.25) is 0 Å². The standard InChI is InChI=1S/C28H32F2O/c1-3-5-19-6-7-21-16-22(9-8-20(21)15-19)23-10-12-25(26(29)17-23)24-11-13-28(27(30)18-24)31-14-4-2/h3-5,10-13,17-22H,2,6-9,14-16H2,1H3/b5-3+. The molecular formula is C28H32F2O. The Hall–Kier alpha value is -2.42. The van der Waals surface area contributed by atoms with E-state index in [2.05, 4.69) is 25.7 Å². The molecule has 0 amide bonds. The predicted molar refractivity (Wildman–Crippen MR) is 123 cm³/mol. The lowest BCUT2D eigenvalue weighted by Gasteiger charge is -2.41. The number of hydrogen-bond acceptors (Lipinski definition) is 1. The fraction of sp³-hybridized carbons (Fsp3) is 0.429. The summed E-state index contributed by atoms with van der Waals surface area (Å²) in [6.45, 7) is 5.91. The second-order valence-corrected chi connectivity index (χ2v) is 9.11. The van der Waals surface area contributed by atoms with E-state index in [1.54, 1.807) is 30.3 Å². The lowest BCUT2D eigenvalue weighted by molar-refractivity contribution is 0.133. The van der Waals surface area contributed by atoms with Gasteiger partial charge in [0.1, 0.15) is 12.4 Å². The molecule has 4 unspecified atom stereocenters. The average Bonchev–Trinajstić information content (AvgIpc) is 2.78. The topological polar surface area (TPSA) is 9.23 Å². The molecule has 1 nitrogen and oxygen atoms in total. The molecule has 2 aromatic rings. The molecule has 164 valence electrons. The Kier molecular flexibility index (Phi) is 6.89. The van der Waals surface area contributed by atoms with Gasteiger partial charge >= 0.3 is 0 Å². The maximum absolute atomic E-state index is 15.0. The normalized spacial score (nSPS) is 25.9. The highest BCUT2D eigenvalue weighted by atomic mass is 19.1. The number of fused-ring (bicyclic) bond motifs is 1. The van der Waals surface area contributed by atoms with Crippen LogP contribution in [0.1, 0.15) is 56.9 Å². The van der Waals surface area contributed by atoms with Crippen LogP contribution in [0.4, 0.5) is 8.78 Å². The minimum Gasteiger partial charge on any atom is -0.486 e. The summed E-state index contributed by atoms with van der Waals surface area (Å²) in [6.07, 6.45) is 13.5. The summed E-state index contributed by atoms with van der Waals surface area (Å²) in [5, 5.41) is 0. The van der Waals surface area contributed by atoms with Gasteiger partial charge in [-0.25, -0.2) is 8.78 Å². The van der Waals surface area contributed by atoms with Crippen molar-refractivity contribution in [3.05, 3.63) is 78.4 Å². The van der Waals surface area contributed by atoms with Crippen molar-refractivity contribution < 1.29 is 13.5 Å². The van der Waals surface area contributed by atoms with Gasteiger partial charge in [0.05, 0.1) is 0 Å². The minimum absolute atomic E-state index is 0.154. The Morgan fingerprint density at radius 2 is 1.77 bits per heavy atom. The highest BCUT2D eigenvalue weighted by Crippen LogP contribution is 2.48. The maximum Gasteiger partial charge on any atom is 0.165 e. The zero-order valence-corrected chi connectivity index (χ0v) is 18.3. The lowest BCUT2D eigenvalue weighted by atomic mass is 9.64.